The largest absolute Gasteiger partial charge is 0.411 e. The molecule has 0 radical (unpaired) electrons. The summed E-state index contributed by atoms with van der Waals surface area (Å²) < 4.78 is 5.64. The Morgan fingerprint density at radius 3 is 2.46 bits per heavy atom. The van der Waals surface area contributed by atoms with Crippen molar-refractivity contribution in [2.75, 3.05) is 17.2 Å². The number of amides is 2. The zero-order chi connectivity index (χ0) is 19.9. The highest BCUT2D eigenvalue weighted by Gasteiger charge is 2.18. The average Bonchev–Trinajstić information content (AvgIpc) is 3.17. The number of benzene rings is 2. The maximum absolute atomic E-state index is 12.7. The van der Waals surface area contributed by atoms with Crippen molar-refractivity contribution >= 4 is 29.3 Å². The van der Waals surface area contributed by atoms with E-state index < -0.39 is 5.91 Å². The molecule has 0 aliphatic rings. The molecule has 28 heavy (non-hydrogen) atoms. The van der Waals surface area contributed by atoms with E-state index >= 15 is 0 Å². The molecule has 0 fully saturated rings. The first kappa shape index (κ1) is 19.6. The summed E-state index contributed by atoms with van der Waals surface area (Å²) in [5.74, 6) is -0.124. The van der Waals surface area contributed by atoms with Crippen LogP contribution in [0.1, 0.15) is 12.0 Å². The van der Waals surface area contributed by atoms with Crippen LogP contribution in [0, 0.1) is 6.92 Å². The molecule has 0 bridgehead atoms. The SMILES string of the molecule is Cc1ccc(-c2nnc(SCC(=O)N(CCC(N)=O)c3ccccc3)o2)cc1. The normalized spacial score (nSPS) is 10.6. The van der Waals surface area contributed by atoms with Gasteiger partial charge < -0.3 is 15.1 Å². The van der Waals surface area contributed by atoms with Gasteiger partial charge in [-0.2, -0.15) is 0 Å². The van der Waals surface area contributed by atoms with Crippen LogP contribution in [-0.4, -0.2) is 34.3 Å². The number of carbonyl (C=O) groups excluding carboxylic acids is 2. The molecule has 2 aromatic carbocycles. The third-order valence-corrected chi connectivity index (χ3v) is 4.78. The standard InChI is InChI=1S/C20H20N4O3S/c1-14-7-9-15(10-8-14)19-22-23-20(27-19)28-13-18(26)24(12-11-17(21)25)16-5-3-2-4-6-16/h2-10H,11-13H2,1H3,(H2,21,25). The first-order chi connectivity index (χ1) is 13.5. The van der Waals surface area contributed by atoms with Crippen LogP contribution in [-0.2, 0) is 9.59 Å². The van der Waals surface area contributed by atoms with Crippen LogP contribution in [0.5, 0.6) is 0 Å². The summed E-state index contributed by atoms with van der Waals surface area (Å²) in [5, 5.41) is 8.34. The fourth-order valence-corrected chi connectivity index (χ4v) is 3.15. The van der Waals surface area contributed by atoms with Gasteiger partial charge >= 0.3 is 0 Å². The molecule has 3 aromatic rings. The van der Waals surface area contributed by atoms with Crippen LogP contribution in [0.3, 0.4) is 0 Å². The summed E-state index contributed by atoms with van der Waals surface area (Å²) >= 11 is 1.16. The minimum absolute atomic E-state index is 0.0867. The number of anilines is 1. The van der Waals surface area contributed by atoms with Crippen molar-refractivity contribution in [2.24, 2.45) is 5.73 Å². The van der Waals surface area contributed by atoms with Crippen molar-refractivity contribution in [3.05, 3.63) is 60.2 Å². The minimum Gasteiger partial charge on any atom is -0.411 e. The first-order valence-electron chi connectivity index (χ1n) is 8.70. The number of carbonyl (C=O) groups is 2. The molecule has 0 aliphatic heterocycles. The Balaban J connectivity index is 1.65. The molecule has 0 unspecified atom stereocenters. The molecule has 2 amide bonds. The molecule has 3 rings (SSSR count). The molecule has 1 heterocycles. The van der Waals surface area contributed by atoms with E-state index in [-0.39, 0.29) is 24.6 Å². The number of hydrogen-bond donors (Lipinski definition) is 1. The topological polar surface area (TPSA) is 102 Å². The van der Waals surface area contributed by atoms with Crippen LogP contribution in [0.2, 0.25) is 0 Å². The molecule has 0 spiro atoms. The van der Waals surface area contributed by atoms with Gasteiger partial charge in [-0.3, -0.25) is 9.59 Å². The Kier molecular flexibility index (Phi) is 6.44. The second-order valence-electron chi connectivity index (χ2n) is 6.13. The van der Waals surface area contributed by atoms with Crippen molar-refractivity contribution < 1.29 is 14.0 Å². The Bertz CT molecular complexity index is 942. The second kappa shape index (κ2) is 9.18. The van der Waals surface area contributed by atoms with Crippen LogP contribution in [0.25, 0.3) is 11.5 Å². The number of para-hydroxylation sites is 1. The van der Waals surface area contributed by atoms with E-state index in [2.05, 4.69) is 10.2 Å². The first-order valence-corrected chi connectivity index (χ1v) is 9.68. The van der Waals surface area contributed by atoms with Crippen molar-refractivity contribution in [3.63, 3.8) is 0 Å². The molecule has 2 N–H and O–H groups in total. The van der Waals surface area contributed by atoms with Crippen molar-refractivity contribution in [1.82, 2.24) is 10.2 Å². The summed E-state index contributed by atoms with van der Waals surface area (Å²) in [4.78, 5) is 25.4. The highest BCUT2D eigenvalue weighted by Crippen LogP contribution is 2.24. The quantitative estimate of drug-likeness (QED) is 0.587. The molecule has 0 aliphatic carbocycles. The maximum atomic E-state index is 12.7. The van der Waals surface area contributed by atoms with Crippen LogP contribution in [0.4, 0.5) is 5.69 Å². The van der Waals surface area contributed by atoms with E-state index in [0.29, 0.717) is 16.8 Å². The van der Waals surface area contributed by atoms with E-state index in [4.69, 9.17) is 10.2 Å². The Hall–Kier alpha value is -3.13. The fraction of sp³-hybridized carbons (Fsp3) is 0.200. The Morgan fingerprint density at radius 1 is 1.07 bits per heavy atom. The number of nitrogens with two attached hydrogens (primary N) is 1. The monoisotopic (exact) mass is 396 g/mol. The number of rotatable bonds is 8. The zero-order valence-electron chi connectivity index (χ0n) is 15.4. The summed E-state index contributed by atoms with van der Waals surface area (Å²) in [7, 11) is 0. The van der Waals surface area contributed by atoms with Gasteiger partial charge in [0.25, 0.3) is 5.22 Å². The van der Waals surface area contributed by atoms with E-state index in [0.717, 1.165) is 22.9 Å². The minimum atomic E-state index is -0.457. The third-order valence-electron chi connectivity index (χ3n) is 3.97. The van der Waals surface area contributed by atoms with E-state index in [9.17, 15) is 9.59 Å². The van der Waals surface area contributed by atoms with Crippen LogP contribution < -0.4 is 10.6 Å². The predicted molar refractivity (Wildman–Crippen MR) is 108 cm³/mol. The van der Waals surface area contributed by atoms with Gasteiger partial charge in [0.1, 0.15) is 0 Å². The number of aryl methyl sites for hydroxylation is 1. The molecule has 0 saturated heterocycles. The summed E-state index contributed by atoms with van der Waals surface area (Å²) in [6, 6.07) is 16.9. The summed E-state index contributed by atoms with van der Waals surface area (Å²) in [6.07, 6.45) is 0.0867. The van der Waals surface area contributed by atoms with E-state index in [1.165, 1.54) is 4.90 Å². The maximum Gasteiger partial charge on any atom is 0.277 e. The van der Waals surface area contributed by atoms with Crippen molar-refractivity contribution in [1.29, 1.82) is 0 Å². The summed E-state index contributed by atoms with van der Waals surface area (Å²) in [5.41, 5.74) is 7.91. The number of nitrogens with zero attached hydrogens (tertiary/aromatic N) is 3. The van der Waals surface area contributed by atoms with Gasteiger partial charge in [0, 0.05) is 24.2 Å². The second-order valence-corrected chi connectivity index (χ2v) is 7.05. The van der Waals surface area contributed by atoms with Gasteiger partial charge in [-0.1, -0.05) is 47.7 Å². The molecule has 1 aromatic heterocycles. The Labute approximate surface area is 166 Å². The predicted octanol–water partition coefficient (Wildman–Crippen LogP) is 3.05. The highest BCUT2D eigenvalue weighted by molar-refractivity contribution is 7.99. The number of primary amides is 1. The molecule has 0 atom stereocenters. The van der Waals surface area contributed by atoms with Gasteiger partial charge in [-0.15, -0.1) is 10.2 Å². The van der Waals surface area contributed by atoms with E-state index in [1.807, 2.05) is 61.5 Å². The highest BCUT2D eigenvalue weighted by atomic mass is 32.2. The zero-order valence-corrected chi connectivity index (χ0v) is 16.2. The average molecular weight is 396 g/mol. The molecular weight excluding hydrogens is 376 g/mol. The molecule has 144 valence electrons. The Morgan fingerprint density at radius 2 is 1.79 bits per heavy atom. The lowest BCUT2D eigenvalue weighted by Gasteiger charge is -2.21. The van der Waals surface area contributed by atoms with Gasteiger partial charge in [-0.25, -0.2) is 0 Å². The molecular formula is C20H20N4O3S. The van der Waals surface area contributed by atoms with Gasteiger partial charge in [0.05, 0.1) is 5.75 Å². The summed E-state index contributed by atoms with van der Waals surface area (Å²) in [6.45, 7) is 2.22. The smallest absolute Gasteiger partial charge is 0.277 e. The van der Waals surface area contributed by atoms with Gasteiger partial charge in [0.2, 0.25) is 17.7 Å². The molecule has 7 nitrogen and oxygen atoms in total. The molecule has 8 heteroatoms. The number of hydrogen-bond acceptors (Lipinski definition) is 6. The van der Waals surface area contributed by atoms with Crippen LogP contribution >= 0.6 is 11.8 Å². The third kappa shape index (κ3) is 5.20. The number of thioether (sulfide) groups is 1. The fourth-order valence-electron chi connectivity index (χ4n) is 2.51. The van der Waals surface area contributed by atoms with Crippen molar-refractivity contribution in [3.8, 4) is 11.5 Å². The van der Waals surface area contributed by atoms with Gasteiger partial charge in [0.15, 0.2) is 0 Å². The lowest BCUT2D eigenvalue weighted by molar-refractivity contribution is -0.118. The lowest BCUT2D eigenvalue weighted by Crippen LogP contribution is -2.35. The van der Waals surface area contributed by atoms with Crippen molar-refractivity contribution in [2.45, 2.75) is 18.6 Å². The van der Waals surface area contributed by atoms with Crippen LogP contribution in [0.15, 0.2) is 64.2 Å². The van der Waals surface area contributed by atoms with Gasteiger partial charge in [-0.05, 0) is 31.2 Å². The lowest BCUT2D eigenvalue weighted by atomic mass is 10.1. The van der Waals surface area contributed by atoms with E-state index in [1.54, 1.807) is 0 Å². The number of aromatic nitrogens is 2. The molecule has 0 saturated carbocycles.